The summed E-state index contributed by atoms with van der Waals surface area (Å²) in [5.41, 5.74) is -1.05. The Morgan fingerprint density at radius 1 is 1.24 bits per heavy atom. The third-order valence-electron chi connectivity index (χ3n) is 4.18. The van der Waals surface area contributed by atoms with Crippen LogP contribution >= 0.6 is 0 Å². The van der Waals surface area contributed by atoms with Crippen molar-refractivity contribution in [1.82, 2.24) is 9.80 Å². The maximum Gasteiger partial charge on any atom is 0.319 e. The molecule has 122 valence electrons. The van der Waals surface area contributed by atoms with E-state index in [0.717, 1.165) is 32.5 Å². The zero-order valence-corrected chi connectivity index (χ0v) is 14.1. The molecule has 0 spiro atoms. The highest BCUT2D eigenvalue weighted by molar-refractivity contribution is 6.03. The van der Waals surface area contributed by atoms with E-state index in [4.69, 9.17) is 4.74 Å². The van der Waals surface area contributed by atoms with E-state index < -0.39 is 11.4 Å². The van der Waals surface area contributed by atoms with Crippen LogP contribution in [0.3, 0.4) is 0 Å². The van der Waals surface area contributed by atoms with E-state index >= 15 is 0 Å². The highest BCUT2D eigenvalue weighted by atomic mass is 16.5. The molecule has 0 aromatic rings. The molecule has 1 saturated heterocycles. The first-order chi connectivity index (χ1) is 9.77. The van der Waals surface area contributed by atoms with Gasteiger partial charge in [-0.25, -0.2) is 0 Å². The smallest absolute Gasteiger partial charge is 0.319 e. The molecule has 0 unspecified atom stereocenters. The fourth-order valence-corrected chi connectivity index (χ4v) is 2.67. The van der Waals surface area contributed by atoms with Gasteiger partial charge in [-0.05, 0) is 66.7 Å². The van der Waals surface area contributed by atoms with Crippen LogP contribution in [-0.4, -0.2) is 68.4 Å². The number of rotatable bonds is 7. The van der Waals surface area contributed by atoms with Crippen LogP contribution < -0.4 is 0 Å². The van der Waals surface area contributed by atoms with Crippen LogP contribution in [0.5, 0.6) is 0 Å². The van der Waals surface area contributed by atoms with E-state index in [1.54, 1.807) is 20.8 Å². The van der Waals surface area contributed by atoms with Gasteiger partial charge in [0.2, 0.25) is 0 Å². The molecule has 21 heavy (non-hydrogen) atoms. The number of hydrogen-bond donors (Lipinski definition) is 0. The van der Waals surface area contributed by atoms with E-state index in [9.17, 15) is 9.59 Å². The topological polar surface area (TPSA) is 49.9 Å². The number of carbonyl (C=O) groups excluding carboxylic acids is 2. The molecular formula is C16H30N2O3. The molecule has 0 atom stereocenters. The molecule has 0 aliphatic carbocycles. The molecule has 5 heteroatoms. The fourth-order valence-electron chi connectivity index (χ4n) is 2.67. The van der Waals surface area contributed by atoms with Crippen molar-refractivity contribution >= 4 is 11.8 Å². The molecule has 1 aliphatic heterocycles. The average Bonchev–Trinajstić information content (AvgIpc) is 2.40. The molecule has 0 aromatic carbocycles. The Morgan fingerprint density at radius 3 is 2.29 bits per heavy atom. The maximum atomic E-state index is 12.4. The van der Waals surface area contributed by atoms with E-state index in [1.807, 2.05) is 0 Å². The average molecular weight is 298 g/mol. The zero-order valence-electron chi connectivity index (χ0n) is 14.1. The van der Waals surface area contributed by atoms with Crippen LogP contribution in [0.15, 0.2) is 0 Å². The van der Waals surface area contributed by atoms with Gasteiger partial charge in [0.15, 0.2) is 5.78 Å². The van der Waals surface area contributed by atoms with Crippen molar-refractivity contribution in [2.75, 3.05) is 46.9 Å². The number of likely N-dealkylation sites (tertiary alicyclic amines) is 1. The van der Waals surface area contributed by atoms with E-state index in [2.05, 4.69) is 23.9 Å². The van der Waals surface area contributed by atoms with Crippen molar-refractivity contribution < 1.29 is 14.3 Å². The Hall–Kier alpha value is -0.940. The van der Waals surface area contributed by atoms with E-state index in [0.29, 0.717) is 19.1 Å². The van der Waals surface area contributed by atoms with Crippen LogP contribution in [0.1, 0.15) is 33.6 Å². The SMILES string of the molecule is CCOC(=O)C(C)(C)C(=O)CN1CCC(CN(C)C)CC1. The largest absolute Gasteiger partial charge is 0.465 e. The maximum absolute atomic E-state index is 12.4. The minimum absolute atomic E-state index is 0.0491. The summed E-state index contributed by atoms with van der Waals surface area (Å²) in [6.07, 6.45) is 2.23. The van der Waals surface area contributed by atoms with Crippen molar-refractivity contribution in [3.8, 4) is 0 Å². The lowest BCUT2D eigenvalue weighted by Gasteiger charge is -2.34. The molecule has 1 aliphatic rings. The number of nitrogens with zero attached hydrogens (tertiary/aromatic N) is 2. The first kappa shape index (κ1) is 18.1. The predicted molar refractivity (Wildman–Crippen MR) is 83.1 cm³/mol. The van der Waals surface area contributed by atoms with Gasteiger partial charge in [0.25, 0.3) is 0 Å². The Balaban J connectivity index is 2.44. The monoisotopic (exact) mass is 298 g/mol. The molecule has 5 nitrogen and oxygen atoms in total. The fraction of sp³-hybridized carbons (Fsp3) is 0.875. The Bertz CT molecular complexity index is 359. The van der Waals surface area contributed by atoms with Crippen LogP contribution in [0, 0.1) is 11.3 Å². The lowest BCUT2D eigenvalue weighted by Crippen LogP contribution is -2.45. The van der Waals surface area contributed by atoms with Gasteiger partial charge in [-0.2, -0.15) is 0 Å². The number of esters is 1. The highest BCUT2D eigenvalue weighted by Gasteiger charge is 2.38. The Morgan fingerprint density at radius 2 is 1.81 bits per heavy atom. The van der Waals surface area contributed by atoms with Gasteiger partial charge >= 0.3 is 5.97 Å². The molecule has 0 bridgehead atoms. The first-order valence-electron chi connectivity index (χ1n) is 7.85. The van der Waals surface area contributed by atoms with Gasteiger partial charge in [0.1, 0.15) is 5.41 Å². The van der Waals surface area contributed by atoms with Crippen molar-refractivity contribution in [2.45, 2.75) is 33.6 Å². The van der Waals surface area contributed by atoms with Crippen LogP contribution in [0.2, 0.25) is 0 Å². The van der Waals surface area contributed by atoms with Gasteiger partial charge in [-0.1, -0.05) is 0 Å². The number of hydrogen-bond acceptors (Lipinski definition) is 5. The zero-order chi connectivity index (χ0) is 16.0. The van der Waals surface area contributed by atoms with Crippen molar-refractivity contribution in [1.29, 1.82) is 0 Å². The van der Waals surface area contributed by atoms with Gasteiger partial charge in [0, 0.05) is 6.54 Å². The molecule has 1 fully saturated rings. The number of Topliss-reactive ketones (excluding diaryl/α,β-unsaturated/α-hetero) is 1. The predicted octanol–water partition coefficient (Wildman–Crippen LogP) is 1.42. The molecule has 0 amide bonds. The van der Waals surface area contributed by atoms with Gasteiger partial charge in [0.05, 0.1) is 13.2 Å². The first-order valence-corrected chi connectivity index (χ1v) is 7.85. The second kappa shape index (κ2) is 7.90. The van der Waals surface area contributed by atoms with Crippen LogP contribution in [0.25, 0.3) is 0 Å². The highest BCUT2D eigenvalue weighted by Crippen LogP contribution is 2.22. The third-order valence-corrected chi connectivity index (χ3v) is 4.18. The number of ether oxygens (including phenoxy) is 1. The number of carbonyl (C=O) groups is 2. The Labute approximate surface area is 128 Å². The third kappa shape index (κ3) is 5.40. The summed E-state index contributed by atoms with van der Waals surface area (Å²) in [6, 6.07) is 0. The summed E-state index contributed by atoms with van der Waals surface area (Å²) < 4.78 is 4.99. The normalized spacial score (nSPS) is 18.0. The van der Waals surface area contributed by atoms with Crippen molar-refractivity contribution in [2.24, 2.45) is 11.3 Å². The summed E-state index contributed by atoms with van der Waals surface area (Å²) in [5.74, 6) is 0.244. The number of ketones is 1. The summed E-state index contributed by atoms with van der Waals surface area (Å²) in [4.78, 5) is 28.6. The second-order valence-corrected chi connectivity index (χ2v) is 6.75. The van der Waals surface area contributed by atoms with Gasteiger partial charge < -0.3 is 9.64 Å². The molecule has 1 heterocycles. The van der Waals surface area contributed by atoms with E-state index in [1.165, 1.54) is 0 Å². The Kier molecular flexibility index (Phi) is 6.81. The molecule has 1 rings (SSSR count). The minimum atomic E-state index is -1.05. The van der Waals surface area contributed by atoms with Crippen molar-refractivity contribution in [3.05, 3.63) is 0 Å². The summed E-state index contributed by atoms with van der Waals surface area (Å²) >= 11 is 0. The molecule has 0 radical (unpaired) electrons. The molecular weight excluding hydrogens is 268 g/mol. The lowest BCUT2D eigenvalue weighted by atomic mass is 9.87. The molecule has 0 aromatic heterocycles. The minimum Gasteiger partial charge on any atom is -0.465 e. The lowest BCUT2D eigenvalue weighted by molar-refractivity contribution is -0.158. The van der Waals surface area contributed by atoms with Gasteiger partial charge in [-0.15, -0.1) is 0 Å². The van der Waals surface area contributed by atoms with E-state index in [-0.39, 0.29) is 5.78 Å². The molecule has 0 N–H and O–H groups in total. The van der Waals surface area contributed by atoms with Gasteiger partial charge in [-0.3, -0.25) is 14.5 Å². The second-order valence-electron chi connectivity index (χ2n) is 6.75. The van der Waals surface area contributed by atoms with Crippen molar-refractivity contribution in [3.63, 3.8) is 0 Å². The summed E-state index contributed by atoms with van der Waals surface area (Å²) in [5, 5.41) is 0. The number of piperidine rings is 1. The summed E-state index contributed by atoms with van der Waals surface area (Å²) in [7, 11) is 4.19. The molecule has 0 saturated carbocycles. The quantitative estimate of drug-likeness (QED) is 0.525. The van der Waals surface area contributed by atoms with Crippen LogP contribution in [-0.2, 0) is 14.3 Å². The van der Waals surface area contributed by atoms with Crippen LogP contribution in [0.4, 0.5) is 0 Å². The standard InChI is InChI=1S/C16H30N2O3/c1-6-21-15(20)16(2,3)14(19)12-18-9-7-13(8-10-18)11-17(4)5/h13H,6-12H2,1-5H3. The summed E-state index contributed by atoms with van der Waals surface area (Å²) in [6.45, 7) is 8.71.